The van der Waals surface area contributed by atoms with E-state index in [2.05, 4.69) is 49.1 Å². The smallest absolute Gasteiger partial charge is 0.328 e. The van der Waals surface area contributed by atoms with Crippen LogP contribution in [-0.4, -0.2) is 36.1 Å². The van der Waals surface area contributed by atoms with Crippen LogP contribution in [0.4, 0.5) is 0 Å². The van der Waals surface area contributed by atoms with Crippen LogP contribution in [0.15, 0.2) is 41.5 Å². The fraction of sp³-hybridized carbons (Fsp3) is 0.550. The lowest BCUT2D eigenvalue weighted by atomic mass is 9.90. The van der Waals surface area contributed by atoms with Gasteiger partial charge in [-0.1, -0.05) is 47.9 Å². The number of fused-ring (bicyclic) bond motifs is 1. The van der Waals surface area contributed by atoms with Gasteiger partial charge in [0, 0.05) is 12.6 Å². The normalized spacial score (nSPS) is 29.2. The predicted octanol–water partition coefficient (Wildman–Crippen LogP) is 3.74. The van der Waals surface area contributed by atoms with Crippen molar-refractivity contribution in [1.29, 1.82) is 0 Å². The first-order chi connectivity index (χ1) is 11.1. The number of rotatable bonds is 6. The molecule has 0 aliphatic carbocycles. The molecule has 3 rings (SSSR count). The Morgan fingerprint density at radius 2 is 1.96 bits per heavy atom. The maximum absolute atomic E-state index is 12.4. The molecule has 1 unspecified atom stereocenters. The molecule has 1 saturated heterocycles. The lowest BCUT2D eigenvalue weighted by Gasteiger charge is -2.22. The van der Waals surface area contributed by atoms with Crippen molar-refractivity contribution in [2.24, 2.45) is 0 Å². The van der Waals surface area contributed by atoms with Crippen molar-refractivity contribution in [3.63, 3.8) is 0 Å². The maximum atomic E-state index is 12.4. The van der Waals surface area contributed by atoms with E-state index in [0.29, 0.717) is 6.04 Å². The Kier molecular flexibility index (Phi) is 4.58. The van der Waals surface area contributed by atoms with Crippen LogP contribution in [0.1, 0.15) is 45.1 Å². The Hall–Kier alpha value is -1.61. The summed E-state index contributed by atoms with van der Waals surface area (Å²) in [6.45, 7) is 5.26. The molecule has 0 bridgehead atoms. The van der Waals surface area contributed by atoms with Crippen molar-refractivity contribution >= 4 is 5.97 Å². The molecule has 1 aromatic carbocycles. The number of unbranched alkanes of at least 4 members (excludes halogenated alkanes) is 1. The number of benzene rings is 1. The summed E-state index contributed by atoms with van der Waals surface area (Å²) in [4.78, 5) is 14.7. The molecule has 3 nitrogen and oxygen atoms in total. The highest BCUT2D eigenvalue weighted by atomic mass is 16.5. The van der Waals surface area contributed by atoms with E-state index < -0.39 is 0 Å². The SMILES string of the molecule is COC(=O)[C@@]12CC(C)=C(C)CN1[C@H]2CCCCc1ccccc1. The van der Waals surface area contributed by atoms with Gasteiger partial charge in [-0.05, 0) is 45.1 Å². The number of nitrogens with zero attached hydrogens (tertiary/aromatic N) is 1. The van der Waals surface area contributed by atoms with Gasteiger partial charge in [-0.15, -0.1) is 0 Å². The summed E-state index contributed by atoms with van der Waals surface area (Å²) >= 11 is 0. The number of aryl methyl sites for hydroxylation is 1. The van der Waals surface area contributed by atoms with Crippen molar-refractivity contribution in [1.82, 2.24) is 4.90 Å². The van der Waals surface area contributed by atoms with Crippen LogP contribution in [0.5, 0.6) is 0 Å². The third kappa shape index (κ3) is 2.94. The first-order valence-corrected chi connectivity index (χ1v) is 8.64. The molecule has 2 aliphatic rings. The fourth-order valence-corrected chi connectivity index (χ4v) is 4.08. The van der Waals surface area contributed by atoms with Gasteiger partial charge < -0.3 is 4.74 Å². The minimum Gasteiger partial charge on any atom is -0.468 e. The third-order valence-corrected chi connectivity index (χ3v) is 5.62. The molecule has 23 heavy (non-hydrogen) atoms. The number of carbonyl (C=O) groups excluding carboxylic acids is 1. The molecule has 0 radical (unpaired) electrons. The molecule has 1 aromatic rings. The van der Waals surface area contributed by atoms with Crippen molar-refractivity contribution < 1.29 is 9.53 Å². The largest absolute Gasteiger partial charge is 0.468 e. The summed E-state index contributed by atoms with van der Waals surface area (Å²) in [6, 6.07) is 11.0. The van der Waals surface area contributed by atoms with Gasteiger partial charge in [0.05, 0.1) is 7.11 Å². The molecule has 124 valence electrons. The summed E-state index contributed by atoms with van der Waals surface area (Å²) in [5, 5.41) is 0. The quantitative estimate of drug-likeness (QED) is 0.347. The second-order valence-electron chi connectivity index (χ2n) is 7.03. The molecule has 3 heteroatoms. The van der Waals surface area contributed by atoms with Crippen LogP contribution in [0.2, 0.25) is 0 Å². The van der Waals surface area contributed by atoms with Gasteiger partial charge in [-0.2, -0.15) is 0 Å². The molecule has 0 aromatic heterocycles. The molecule has 2 aliphatic heterocycles. The zero-order valence-corrected chi connectivity index (χ0v) is 14.5. The molecular formula is C20H27NO2. The van der Waals surface area contributed by atoms with Gasteiger partial charge in [0.2, 0.25) is 0 Å². The van der Waals surface area contributed by atoms with Crippen LogP contribution in [0.25, 0.3) is 0 Å². The molecule has 0 N–H and O–H groups in total. The molecule has 0 spiro atoms. The number of carbonyl (C=O) groups is 1. The van der Waals surface area contributed by atoms with E-state index >= 15 is 0 Å². The Morgan fingerprint density at radius 3 is 2.65 bits per heavy atom. The number of hydrogen-bond donors (Lipinski definition) is 0. The van der Waals surface area contributed by atoms with E-state index in [4.69, 9.17) is 4.74 Å². The van der Waals surface area contributed by atoms with Crippen LogP contribution in [0, 0.1) is 0 Å². The van der Waals surface area contributed by atoms with Gasteiger partial charge >= 0.3 is 5.97 Å². The lowest BCUT2D eigenvalue weighted by Crippen LogP contribution is -2.35. The third-order valence-electron chi connectivity index (χ3n) is 5.62. The fourth-order valence-electron chi connectivity index (χ4n) is 4.08. The van der Waals surface area contributed by atoms with Crippen LogP contribution in [-0.2, 0) is 16.0 Å². The van der Waals surface area contributed by atoms with Crippen molar-refractivity contribution in [3.05, 3.63) is 47.0 Å². The van der Waals surface area contributed by atoms with Gasteiger partial charge in [0.15, 0.2) is 0 Å². The minimum absolute atomic E-state index is 0.0441. The van der Waals surface area contributed by atoms with Gasteiger partial charge in [-0.25, -0.2) is 4.79 Å². The molecule has 1 fully saturated rings. The first-order valence-electron chi connectivity index (χ1n) is 8.64. The highest BCUT2D eigenvalue weighted by Gasteiger charge is 2.68. The summed E-state index contributed by atoms with van der Waals surface area (Å²) in [5.41, 5.74) is 3.82. The topological polar surface area (TPSA) is 29.3 Å². The summed E-state index contributed by atoms with van der Waals surface area (Å²) in [5.74, 6) is -0.0441. The lowest BCUT2D eigenvalue weighted by molar-refractivity contribution is -0.145. The van der Waals surface area contributed by atoms with Crippen molar-refractivity contribution in [3.8, 4) is 0 Å². The average molecular weight is 313 g/mol. The predicted molar refractivity (Wildman–Crippen MR) is 92.2 cm³/mol. The minimum atomic E-state index is -0.356. The maximum Gasteiger partial charge on any atom is 0.328 e. The number of ether oxygens (including phenoxy) is 1. The van der Waals surface area contributed by atoms with Crippen LogP contribution >= 0.6 is 0 Å². The summed E-state index contributed by atoms with van der Waals surface area (Å²) in [6.07, 6.45) is 5.39. The second-order valence-corrected chi connectivity index (χ2v) is 7.03. The Morgan fingerprint density at radius 1 is 1.22 bits per heavy atom. The molecule has 2 heterocycles. The zero-order valence-electron chi connectivity index (χ0n) is 14.5. The van der Waals surface area contributed by atoms with E-state index in [1.165, 1.54) is 30.2 Å². The second kappa shape index (κ2) is 6.48. The zero-order chi connectivity index (χ0) is 16.4. The van der Waals surface area contributed by atoms with Gasteiger partial charge in [0.1, 0.15) is 5.54 Å². The first kappa shape index (κ1) is 16.3. The molecular weight excluding hydrogens is 286 g/mol. The van der Waals surface area contributed by atoms with E-state index in [1.807, 2.05) is 0 Å². The van der Waals surface area contributed by atoms with E-state index in [0.717, 1.165) is 32.2 Å². The summed E-state index contributed by atoms with van der Waals surface area (Å²) in [7, 11) is 1.51. The Balaban J connectivity index is 1.55. The highest BCUT2D eigenvalue weighted by molar-refractivity contribution is 5.87. The van der Waals surface area contributed by atoms with Gasteiger partial charge in [-0.3, -0.25) is 4.90 Å². The highest BCUT2D eigenvalue weighted by Crippen LogP contribution is 2.52. The van der Waals surface area contributed by atoms with Crippen LogP contribution < -0.4 is 0 Å². The van der Waals surface area contributed by atoms with Crippen LogP contribution in [0.3, 0.4) is 0 Å². The summed E-state index contributed by atoms with van der Waals surface area (Å²) < 4.78 is 5.12. The standard InChI is InChI=1S/C20H27NO2/c1-15-13-20(19(22)23-3)18(21(20)14-16(15)2)12-8-7-11-17-9-5-4-6-10-17/h4-6,9-10,18H,7-8,11-14H2,1-3H3/t18-,20-,21?/m0/s1. The Labute approximate surface area is 139 Å². The number of hydrogen-bond acceptors (Lipinski definition) is 3. The Bertz CT molecular complexity index is 607. The molecule has 3 atom stereocenters. The van der Waals surface area contributed by atoms with Crippen molar-refractivity contribution in [2.75, 3.05) is 13.7 Å². The molecule has 0 saturated carbocycles. The van der Waals surface area contributed by atoms with E-state index in [9.17, 15) is 4.79 Å². The monoisotopic (exact) mass is 313 g/mol. The van der Waals surface area contributed by atoms with E-state index in [1.54, 1.807) is 0 Å². The van der Waals surface area contributed by atoms with Crippen molar-refractivity contribution in [2.45, 2.75) is 57.5 Å². The van der Waals surface area contributed by atoms with Gasteiger partial charge in [0.25, 0.3) is 0 Å². The molecule has 0 amide bonds. The average Bonchev–Trinajstić information content (AvgIpc) is 3.19. The number of methoxy groups -OCH3 is 1. The number of esters is 1. The van der Waals surface area contributed by atoms with E-state index in [-0.39, 0.29) is 11.5 Å².